The Bertz CT molecular complexity index is 112. The van der Waals surface area contributed by atoms with E-state index in [-0.39, 0.29) is 0 Å². The zero-order chi connectivity index (χ0) is 6.97. The van der Waals surface area contributed by atoms with E-state index in [1.807, 2.05) is 0 Å². The van der Waals surface area contributed by atoms with E-state index in [0.717, 1.165) is 12.5 Å². The third-order valence-electron chi connectivity index (χ3n) is 3.02. The quantitative estimate of drug-likeness (QED) is 0.582. The van der Waals surface area contributed by atoms with E-state index in [0.29, 0.717) is 18.6 Å². The minimum atomic E-state index is 0.383. The first-order chi connectivity index (χ1) is 4.92. The maximum atomic E-state index is 8.88. The maximum Gasteiger partial charge on any atom is 0.0486 e. The molecule has 2 N–H and O–H groups in total. The minimum absolute atomic E-state index is 0.383. The lowest BCUT2D eigenvalue weighted by atomic mass is 9.72. The lowest BCUT2D eigenvalue weighted by Gasteiger charge is -2.46. The van der Waals surface area contributed by atoms with Gasteiger partial charge >= 0.3 is 0 Å². The molecule has 10 heavy (non-hydrogen) atoms. The monoisotopic (exact) mass is 141 g/mol. The van der Waals surface area contributed by atoms with Crippen molar-refractivity contribution in [3.05, 3.63) is 0 Å². The van der Waals surface area contributed by atoms with Gasteiger partial charge in [0.1, 0.15) is 0 Å². The van der Waals surface area contributed by atoms with Crippen molar-refractivity contribution in [3.8, 4) is 0 Å². The van der Waals surface area contributed by atoms with Gasteiger partial charge in [0.25, 0.3) is 0 Å². The molecule has 0 radical (unpaired) electrons. The third kappa shape index (κ3) is 0.867. The van der Waals surface area contributed by atoms with Gasteiger partial charge in [-0.2, -0.15) is 0 Å². The Morgan fingerprint density at radius 3 is 2.50 bits per heavy atom. The Hall–Kier alpha value is -0.0800. The average molecular weight is 141 g/mol. The summed E-state index contributed by atoms with van der Waals surface area (Å²) >= 11 is 0. The zero-order valence-corrected chi connectivity index (χ0v) is 6.21. The molecule has 2 atom stereocenters. The number of nitrogens with one attached hydrogen (secondary N) is 1. The van der Waals surface area contributed by atoms with E-state index in [9.17, 15) is 0 Å². The van der Waals surface area contributed by atoms with E-state index >= 15 is 0 Å². The number of hydrogen-bond donors (Lipinski definition) is 2. The van der Waals surface area contributed by atoms with Gasteiger partial charge in [-0.1, -0.05) is 6.42 Å². The Morgan fingerprint density at radius 2 is 2.20 bits per heavy atom. The van der Waals surface area contributed by atoms with Crippen molar-refractivity contribution in [2.75, 3.05) is 13.2 Å². The predicted molar refractivity (Wildman–Crippen MR) is 39.7 cm³/mol. The molecule has 2 heteroatoms. The van der Waals surface area contributed by atoms with Crippen molar-refractivity contribution < 1.29 is 5.11 Å². The van der Waals surface area contributed by atoms with Crippen LogP contribution in [0.2, 0.25) is 0 Å². The van der Waals surface area contributed by atoms with Crippen LogP contribution in [0.1, 0.15) is 19.3 Å². The summed E-state index contributed by atoms with van der Waals surface area (Å²) in [5.74, 6) is 1.47. The molecule has 0 aromatic carbocycles. The highest BCUT2D eigenvalue weighted by Gasteiger charge is 2.38. The van der Waals surface area contributed by atoms with Gasteiger partial charge in [0.15, 0.2) is 0 Å². The van der Waals surface area contributed by atoms with Crippen LogP contribution >= 0.6 is 0 Å². The van der Waals surface area contributed by atoms with E-state index < -0.39 is 0 Å². The highest BCUT2D eigenvalue weighted by atomic mass is 16.3. The minimum Gasteiger partial charge on any atom is -0.396 e. The summed E-state index contributed by atoms with van der Waals surface area (Å²) in [7, 11) is 0. The van der Waals surface area contributed by atoms with Crippen LogP contribution in [0.4, 0.5) is 0 Å². The van der Waals surface area contributed by atoms with E-state index in [1.54, 1.807) is 0 Å². The number of rotatable bonds is 2. The summed E-state index contributed by atoms with van der Waals surface area (Å²) in [6.07, 6.45) is 4.17. The molecule has 1 saturated carbocycles. The van der Waals surface area contributed by atoms with Gasteiger partial charge in [0.2, 0.25) is 0 Å². The first-order valence-electron chi connectivity index (χ1n) is 4.26. The molecule has 1 aliphatic heterocycles. The van der Waals surface area contributed by atoms with Crippen LogP contribution in [-0.4, -0.2) is 24.3 Å². The Kier molecular flexibility index (Phi) is 1.66. The van der Waals surface area contributed by atoms with E-state index in [1.165, 1.54) is 19.3 Å². The average Bonchev–Trinajstić information content (AvgIpc) is 1.77. The second-order valence-electron chi connectivity index (χ2n) is 3.57. The van der Waals surface area contributed by atoms with Crippen LogP contribution in [0.3, 0.4) is 0 Å². The largest absolute Gasteiger partial charge is 0.396 e. The molecule has 0 aromatic heterocycles. The molecule has 2 aliphatic rings. The number of aliphatic hydroxyl groups excluding tert-OH is 1. The van der Waals surface area contributed by atoms with Gasteiger partial charge in [0.05, 0.1) is 0 Å². The molecule has 2 nitrogen and oxygen atoms in total. The Labute approximate surface area is 61.6 Å². The van der Waals surface area contributed by atoms with Crippen molar-refractivity contribution >= 4 is 0 Å². The Balaban J connectivity index is 1.81. The standard InChI is InChI=1S/C8H15NO/c10-5-7-4-9-8(7)6-2-1-3-6/h6-10H,1-5H2. The molecule has 1 heterocycles. The van der Waals surface area contributed by atoms with Gasteiger partial charge in [-0.15, -0.1) is 0 Å². The van der Waals surface area contributed by atoms with E-state index in [2.05, 4.69) is 5.32 Å². The SMILES string of the molecule is OCC1CNC1C1CCC1. The third-order valence-corrected chi connectivity index (χ3v) is 3.02. The first kappa shape index (κ1) is 6.62. The maximum absolute atomic E-state index is 8.88. The molecule has 58 valence electrons. The van der Waals surface area contributed by atoms with Gasteiger partial charge in [-0.3, -0.25) is 0 Å². The van der Waals surface area contributed by atoms with Crippen LogP contribution < -0.4 is 5.32 Å². The molecule has 1 aliphatic carbocycles. The molecule has 2 fully saturated rings. The van der Waals surface area contributed by atoms with Gasteiger partial charge < -0.3 is 10.4 Å². The van der Waals surface area contributed by atoms with E-state index in [4.69, 9.17) is 5.11 Å². The topological polar surface area (TPSA) is 32.3 Å². The smallest absolute Gasteiger partial charge is 0.0486 e. The van der Waals surface area contributed by atoms with Crippen molar-refractivity contribution in [2.45, 2.75) is 25.3 Å². The molecule has 2 unspecified atom stereocenters. The van der Waals surface area contributed by atoms with Crippen LogP contribution in [-0.2, 0) is 0 Å². The fourth-order valence-corrected chi connectivity index (χ4v) is 1.95. The van der Waals surface area contributed by atoms with Crippen molar-refractivity contribution in [1.82, 2.24) is 5.32 Å². The lowest BCUT2D eigenvalue weighted by Crippen LogP contribution is -2.59. The van der Waals surface area contributed by atoms with Crippen LogP contribution in [0.25, 0.3) is 0 Å². The molecule has 2 rings (SSSR count). The molecular formula is C8H15NO. The summed E-state index contributed by atoms with van der Waals surface area (Å²) in [6, 6.07) is 0.666. The van der Waals surface area contributed by atoms with Crippen LogP contribution in [0.5, 0.6) is 0 Å². The highest BCUT2D eigenvalue weighted by molar-refractivity contribution is 4.95. The summed E-state index contributed by atoms with van der Waals surface area (Å²) in [5, 5.41) is 12.3. The molecule has 0 bridgehead atoms. The normalized spacial score (nSPS) is 40.5. The van der Waals surface area contributed by atoms with Crippen molar-refractivity contribution in [2.24, 2.45) is 11.8 Å². The molecular weight excluding hydrogens is 126 g/mol. The molecule has 0 spiro atoms. The van der Waals surface area contributed by atoms with Crippen molar-refractivity contribution in [3.63, 3.8) is 0 Å². The van der Waals surface area contributed by atoms with Crippen LogP contribution in [0, 0.1) is 11.8 Å². The summed E-state index contributed by atoms with van der Waals surface area (Å²) in [4.78, 5) is 0. The summed E-state index contributed by atoms with van der Waals surface area (Å²) in [5.41, 5.74) is 0. The summed E-state index contributed by atoms with van der Waals surface area (Å²) < 4.78 is 0. The second-order valence-corrected chi connectivity index (χ2v) is 3.57. The van der Waals surface area contributed by atoms with Crippen LogP contribution in [0.15, 0.2) is 0 Å². The zero-order valence-electron chi connectivity index (χ0n) is 6.21. The predicted octanol–water partition coefficient (Wildman–Crippen LogP) is 0.367. The second kappa shape index (κ2) is 2.51. The molecule has 0 amide bonds. The fourth-order valence-electron chi connectivity index (χ4n) is 1.95. The fraction of sp³-hybridized carbons (Fsp3) is 1.00. The highest BCUT2D eigenvalue weighted by Crippen LogP contribution is 2.35. The first-order valence-corrected chi connectivity index (χ1v) is 4.26. The summed E-state index contributed by atoms with van der Waals surface area (Å²) in [6.45, 7) is 1.42. The van der Waals surface area contributed by atoms with Gasteiger partial charge in [-0.25, -0.2) is 0 Å². The Morgan fingerprint density at radius 1 is 1.40 bits per heavy atom. The number of aliphatic hydroxyl groups is 1. The lowest BCUT2D eigenvalue weighted by molar-refractivity contribution is 0.0603. The van der Waals surface area contributed by atoms with Crippen molar-refractivity contribution in [1.29, 1.82) is 0 Å². The van der Waals surface area contributed by atoms with Gasteiger partial charge in [-0.05, 0) is 18.8 Å². The number of hydrogen-bond acceptors (Lipinski definition) is 2. The molecule has 1 saturated heterocycles. The molecule has 0 aromatic rings. The van der Waals surface area contributed by atoms with Gasteiger partial charge in [0, 0.05) is 25.1 Å².